The van der Waals surface area contributed by atoms with Gasteiger partial charge in [0.1, 0.15) is 5.82 Å². The van der Waals surface area contributed by atoms with E-state index in [1.54, 1.807) is 0 Å². The van der Waals surface area contributed by atoms with E-state index in [4.69, 9.17) is 10.1 Å². The first-order valence-electron chi connectivity index (χ1n) is 14.1. The van der Waals surface area contributed by atoms with Crippen molar-refractivity contribution in [2.45, 2.75) is 57.3 Å². The van der Waals surface area contributed by atoms with E-state index in [0.717, 1.165) is 35.5 Å². The Labute approximate surface area is 226 Å². The SMILES string of the molecule is O=C(O)CC(CO)c1cccc(-c2ccccc2)c1.c1cc2c(nc1CCCN1CCCCC1)NCCC2. The molecule has 1 fully saturated rings. The number of carboxylic acids is 1. The Morgan fingerprint density at radius 1 is 0.947 bits per heavy atom. The number of aryl methyl sites for hydroxylation is 2. The van der Waals surface area contributed by atoms with Crippen molar-refractivity contribution in [1.29, 1.82) is 0 Å². The lowest BCUT2D eigenvalue weighted by molar-refractivity contribution is -0.137. The van der Waals surface area contributed by atoms with E-state index in [-0.39, 0.29) is 18.9 Å². The lowest BCUT2D eigenvalue weighted by Gasteiger charge is -2.26. The summed E-state index contributed by atoms with van der Waals surface area (Å²) >= 11 is 0. The minimum Gasteiger partial charge on any atom is -0.481 e. The highest BCUT2D eigenvalue weighted by Gasteiger charge is 2.15. The van der Waals surface area contributed by atoms with Crippen LogP contribution >= 0.6 is 0 Å². The Balaban J connectivity index is 0.000000177. The van der Waals surface area contributed by atoms with Gasteiger partial charge in [0.25, 0.3) is 0 Å². The summed E-state index contributed by atoms with van der Waals surface area (Å²) < 4.78 is 0. The molecule has 5 rings (SSSR count). The van der Waals surface area contributed by atoms with Gasteiger partial charge >= 0.3 is 5.97 Å². The molecule has 0 amide bonds. The molecule has 1 saturated heterocycles. The smallest absolute Gasteiger partial charge is 0.304 e. The molecule has 3 aromatic rings. The molecule has 3 N–H and O–H groups in total. The van der Waals surface area contributed by atoms with E-state index in [0.29, 0.717) is 0 Å². The highest BCUT2D eigenvalue weighted by Crippen LogP contribution is 2.26. The molecule has 0 spiro atoms. The Morgan fingerprint density at radius 3 is 2.50 bits per heavy atom. The Kier molecular flexibility index (Phi) is 10.7. The summed E-state index contributed by atoms with van der Waals surface area (Å²) in [6.45, 7) is 4.77. The third-order valence-electron chi connectivity index (χ3n) is 7.41. The van der Waals surface area contributed by atoms with Crippen LogP contribution in [-0.4, -0.2) is 58.9 Å². The van der Waals surface area contributed by atoms with Crippen molar-refractivity contribution in [2.75, 3.05) is 38.1 Å². The van der Waals surface area contributed by atoms with Gasteiger partial charge in [-0.05, 0) is 86.5 Å². The number of piperidine rings is 1. The normalized spacial score (nSPS) is 15.9. The van der Waals surface area contributed by atoms with E-state index in [1.807, 2.05) is 54.6 Å². The second-order valence-corrected chi connectivity index (χ2v) is 10.3. The Hall–Kier alpha value is -3.22. The number of hydrogen-bond donors (Lipinski definition) is 3. The van der Waals surface area contributed by atoms with Crippen molar-refractivity contribution in [3.63, 3.8) is 0 Å². The van der Waals surface area contributed by atoms with Gasteiger partial charge in [-0.25, -0.2) is 4.98 Å². The molecule has 1 unspecified atom stereocenters. The molecular weight excluding hydrogens is 474 g/mol. The van der Waals surface area contributed by atoms with Gasteiger partial charge < -0.3 is 20.4 Å². The standard InChI is InChI=1S/C16H25N3.C16H16O3/c1-2-11-19(12-3-1)13-5-7-15-9-8-14-6-4-10-17-16(14)18-15;17-11-15(10-16(18)19)14-8-4-7-13(9-14)12-5-2-1-3-6-12/h8-9H,1-7,10-13H2,(H,17,18);1-9,15,17H,10-11H2,(H,18,19). The first-order chi connectivity index (χ1) is 18.6. The quantitative estimate of drug-likeness (QED) is 0.336. The molecule has 3 heterocycles. The Bertz CT molecular complexity index is 1150. The van der Waals surface area contributed by atoms with Crippen LogP contribution in [0.4, 0.5) is 5.82 Å². The fourth-order valence-electron chi connectivity index (χ4n) is 5.28. The van der Waals surface area contributed by atoms with Gasteiger partial charge in [0.15, 0.2) is 0 Å². The van der Waals surface area contributed by atoms with Crippen molar-refractivity contribution in [1.82, 2.24) is 9.88 Å². The van der Waals surface area contributed by atoms with Gasteiger partial charge in [0, 0.05) is 18.2 Å². The maximum absolute atomic E-state index is 10.8. The molecule has 0 bridgehead atoms. The summed E-state index contributed by atoms with van der Waals surface area (Å²) in [5.74, 6) is -0.118. The van der Waals surface area contributed by atoms with Crippen LogP contribution in [0.5, 0.6) is 0 Å². The molecule has 0 saturated carbocycles. The average molecular weight is 516 g/mol. The van der Waals surface area contributed by atoms with Gasteiger partial charge in [0.05, 0.1) is 13.0 Å². The van der Waals surface area contributed by atoms with E-state index in [9.17, 15) is 9.90 Å². The topological polar surface area (TPSA) is 85.7 Å². The van der Waals surface area contributed by atoms with Gasteiger partial charge in [0.2, 0.25) is 0 Å². The fourth-order valence-corrected chi connectivity index (χ4v) is 5.28. The number of anilines is 1. The number of aliphatic hydroxyl groups is 1. The van der Waals surface area contributed by atoms with E-state index in [1.165, 1.54) is 69.4 Å². The third kappa shape index (κ3) is 8.40. The van der Waals surface area contributed by atoms with Gasteiger partial charge in [-0.1, -0.05) is 67.1 Å². The van der Waals surface area contributed by atoms with Crippen molar-refractivity contribution >= 4 is 11.8 Å². The minimum absolute atomic E-state index is 0.0608. The lowest BCUT2D eigenvalue weighted by atomic mass is 9.93. The van der Waals surface area contributed by atoms with Crippen LogP contribution < -0.4 is 5.32 Å². The summed E-state index contributed by atoms with van der Waals surface area (Å²) in [5, 5.41) is 21.6. The zero-order chi connectivity index (χ0) is 26.6. The lowest BCUT2D eigenvalue weighted by Crippen LogP contribution is -2.30. The first kappa shape index (κ1) is 27.8. The number of benzene rings is 2. The molecule has 6 heteroatoms. The second-order valence-electron chi connectivity index (χ2n) is 10.3. The maximum Gasteiger partial charge on any atom is 0.304 e. The number of aliphatic hydroxyl groups excluding tert-OH is 1. The molecule has 1 atom stereocenters. The second kappa shape index (κ2) is 14.6. The largest absolute Gasteiger partial charge is 0.481 e. The highest BCUT2D eigenvalue weighted by atomic mass is 16.4. The summed E-state index contributed by atoms with van der Waals surface area (Å²) in [6, 6.07) is 22.0. The van der Waals surface area contributed by atoms with Gasteiger partial charge in [-0.2, -0.15) is 0 Å². The number of hydrogen-bond acceptors (Lipinski definition) is 5. The van der Waals surface area contributed by atoms with Crippen molar-refractivity contribution in [3.05, 3.63) is 83.6 Å². The minimum atomic E-state index is -0.899. The first-order valence-corrected chi connectivity index (χ1v) is 14.1. The number of fused-ring (bicyclic) bond motifs is 1. The molecule has 2 aliphatic rings. The van der Waals surface area contributed by atoms with E-state index in [2.05, 4.69) is 22.3 Å². The molecule has 202 valence electrons. The Morgan fingerprint density at radius 2 is 1.74 bits per heavy atom. The van der Waals surface area contributed by atoms with Crippen LogP contribution in [0.15, 0.2) is 66.7 Å². The zero-order valence-electron chi connectivity index (χ0n) is 22.3. The summed E-state index contributed by atoms with van der Waals surface area (Å²) in [4.78, 5) is 18.2. The van der Waals surface area contributed by atoms with Crippen molar-refractivity contribution in [2.24, 2.45) is 0 Å². The molecule has 0 aliphatic carbocycles. The number of carbonyl (C=O) groups is 1. The molecule has 2 aliphatic heterocycles. The van der Waals surface area contributed by atoms with Crippen molar-refractivity contribution in [3.8, 4) is 11.1 Å². The van der Waals surface area contributed by atoms with Gasteiger partial charge in [-0.3, -0.25) is 4.79 Å². The molecule has 2 aromatic carbocycles. The number of rotatable bonds is 9. The number of nitrogens with one attached hydrogen (secondary N) is 1. The molecule has 1 aromatic heterocycles. The van der Waals surface area contributed by atoms with Crippen LogP contribution in [0.3, 0.4) is 0 Å². The predicted octanol–water partition coefficient (Wildman–Crippen LogP) is 5.76. The highest BCUT2D eigenvalue weighted by molar-refractivity contribution is 5.69. The average Bonchev–Trinajstić information content (AvgIpc) is 2.97. The number of aliphatic carboxylic acids is 1. The maximum atomic E-state index is 10.8. The van der Waals surface area contributed by atoms with Crippen LogP contribution in [0.2, 0.25) is 0 Å². The van der Waals surface area contributed by atoms with Crippen LogP contribution in [-0.2, 0) is 17.6 Å². The van der Waals surface area contributed by atoms with Crippen LogP contribution in [0, 0.1) is 0 Å². The third-order valence-corrected chi connectivity index (χ3v) is 7.41. The summed E-state index contributed by atoms with van der Waals surface area (Å²) in [6.07, 6.45) is 8.93. The molecule has 38 heavy (non-hydrogen) atoms. The number of aromatic nitrogens is 1. The number of likely N-dealkylation sites (tertiary alicyclic amines) is 1. The van der Waals surface area contributed by atoms with Crippen molar-refractivity contribution < 1.29 is 15.0 Å². The summed E-state index contributed by atoms with van der Waals surface area (Å²) in [7, 11) is 0. The number of nitrogens with zero attached hydrogens (tertiary/aromatic N) is 2. The molecule has 6 nitrogen and oxygen atoms in total. The molecule has 0 radical (unpaired) electrons. The van der Waals surface area contributed by atoms with E-state index < -0.39 is 5.97 Å². The van der Waals surface area contributed by atoms with E-state index >= 15 is 0 Å². The fraction of sp³-hybridized carbons (Fsp3) is 0.438. The van der Waals surface area contributed by atoms with Crippen LogP contribution in [0.25, 0.3) is 11.1 Å². The monoisotopic (exact) mass is 515 g/mol. The van der Waals surface area contributed by atoms with Crippen LogP contribution in [0.1, 0.15) is 61.3 Å². The number of carboxylic acid groups (broad SMARTS) is 1. The molecular formula is C32H41N3O3. The summed E-state index contributed by atoms with van der Waals surface area (Å²) in [5.41, 5.74) is 5.61. The number of pyridine rings is 1. The zero-order valence-corrected chi connectivity index (χ0v) is 22.3. The predicted molar refractivity (Wildman–Crippen MR) is 154 cm³/mol. The van der Waals surface area contributed by atoms with Gasteiger partial charge in [-0.15, -0.1) is 0 Å².